The summed E-state index contributed by atoms with van der Waals surface area (Å²) in [6, 6.07) is 1.85. The maximum atomic E-state index is 5.82. The molecule has 0 aromatic carbocycles. The molecule has 0 radical (unpaired) electrons. The maximum absolute atomic E-state index is 5.82. The number of piperazine rings is 1. The van der Waals surface area contributed by atoms with Crippen molar-refractivity contribution in [1.82, 2.24) is 24.8 Å². The third kappa shape index (κ3) is 4.27. The van der Waals surface area contributed by atoms with Crippen LogP contribution in [0, 0.1) is 0 Å². The molecular weight excluding hydrogens is 328 g/mol. The molecule has 138 valence electrons. The van der Waals surface area contributed by atoms with Gasteiger partial charge < -0.3 is 9.64 Å². The fourth-order valence-corrected chi connectivity index (χ4v) is 3.59. The Hall–Kier alpha value is -2.28. The maximum Gasteiger partial charge on any atom is 0.232 e. The summed E-state index contributed by atoms with van der Waals surface area (Å²) >= 11 is 0. The van der Waals surface area contributed by atoms with Gasteiger partial charge in [0.2, 0.25) is 11.8 Å². The van der Waals surface area contributed by atoms with Gasteiger partial charge in [-0.2, -0.15) is 0 Å². The lowest BCUT2D eigenvalue weighted by Gasteiger charge is -2.34. The molecule has 1 saturated heterocycles. The fraction of sp³-hybridized carbons (Fsp3) is 0.579. The van der Waals surface area contributed by atoms with Gasteiger partial charge >= 0.3 is 0 Å². The SMILES string of the molecule is c1cnc(N2CCN(CCCOc3cnc4c(n3)CCCC4)CC2)nc1. The van der Waals surface area contributed by atoms with Gasteiger partial charge in [0.1, 0.15) is 0 Å². The highest BCUT2D eigenvalue weighted by molar-refractivity contribution is 5.29. The molecule has 2 aliphatic rings. The number of aryl methyl sites for hydroxylation is 2. The first-order valence-corrected chi connectivity index (χ1v) is 9.60. The van der Waals surface area contributed by atoms with Gasteiger partial charge in [0.25, 0.3) is 0 Å². The number of hydrogen-bond donors (Lipinski definition) is 0. The number of anilines is 1. The molecule has 0 amide bonds. The summed E-state index contributed by atoms with van der Waals surface area (Å²) in [5.41, 5.74) is 2.29. The number of rotatable bonds is 6. The van der Waals surface area contributed by atoms with Crippen molar-refractivity contribution in [3.8, 4) is 5.88 Å². The Balaban J connectivity index is 1.17. The predicted octanol–water partition coefficient (Wildman–Crippen LogP) is 1.74. The number of aromatic nitrogens is 4. The minimum Gasteiger partial charge on any atom is -0.477 e. The number of nitrogens with zero attached hydrogens (tertiary/aromatic N) is 6. The van der Waals surface area contributed by atoms with Crippen LogP contribution in [-0.4, -0.2) is 64.2 Å². The van der Waals surface area contributed by atoms with Gasteiger partial charge in [-0.1, -0.05) is 0 Å². The van der Waals surface area contributed by atoms with Crippen molar-refractivity contribution in [2.75, 3.05) is 44.2 Å². The van der Waals surface area contributed by atoms with Crippen LogP contribution in [-0.2, 0) is 12.8 Å². The van der Waals surface area contributed by atoms with Gasteiger partial charge in [-0.3, -0.25) is 9.88 Å². The molecule has 2 aromatic heterocycles. The van der Waals surface area contributed by atoms with E-state index >= 15 is 0 Å². The first-order chi connectivity index (χ1) is 12.9. The van der Waals surface area contributed by atoms with Gasteiger partial charge in [0.15, 0.2) is 0 Å². The minimum absolute atomic E-state index is 0.677. The van der Waals surface area contributed by atoms with Crippen LogP contribution in [0.2, 0.25) is 0 Å². The van der Waals surface area contributed by atoms with E-state index in [9.17, 15) is 0 Å². The Morgan fingerprint density at radius 2 is 1.69 bits per heavy atom. The molecule has 26 heavy (non-hydrogen) atoms. The van der Waals surface area contributed by atoms with E-state index in [2.05, 4.69) is 29.7 Å². The van der Waals surface area contributed by atoms with Crippen LogP contribution in [0.4, 0.5) is 5.95 Å². The molecule has 7 heteroatoms. The second-order valence-corrected chi connectivity index (χ2v) is 6.89. The number of hydrogen-bond acceptors (Lipinski definition) is 7. The van der Waals surface area contributed by atoms with Crippen LogP contribution in [0.1, 0.15) is 30.7 Å². The largest absolute Gasteiger partial charge is 0.477 e. The normalized spacial score (nSPS) is 17.8. The highest BCUT2D eigenvalue weighted by atomic mass is 16.5. The smallest absolute Gasteiger partial charge is 0.232 e. The van der Waals surface area contributed by atoms with Crippen molar-refractivity contribution in [2.45, 2.75) is 32.1 Å². The Kier molecular flexibility index (Phi) is 5.54. The molecule has 0 bridgehead atoms. The topological polar surface area (TPSA) is 67.3 Å². The molecular formula is C19H26N6O. The van der Waals surface area contributed by atoms with E-state index in [0.717, 1.165) is 69.3 Å². The predicted molar refractivity (Wildman–Crippen MR) is 99.5 cm³/mol. The molecule has 0 N–H and O–H groups in total. The Morgan fingerprint density at radius 3 is 2.50 bits per heavy atom. The van der Waals surface area contributed by atoms with E-state index in [0.29, 0.717) is 12.5 Å². The highest BCUT2D eigenvalue weighted by Gasteiger charge is 2.18. The lowest BCUT2D eigenvalue weighted by molar-refractivity contribution is 0.220. The molecule has 0 saturated carbocycles. The molecule has 1 fully saturated rings. The van der Waals surface area contributed by atoms with E-state index < -0.39 is 0 Å². The molecule has 7 nitrogen and oxygen atoms in total. The van der Waals surface area contributed by atoms with Crippen molar-refractivity contribution in [3.05, 3.63) is 36.0 Å². The summed E-state index contributed by atoms with van der Waals surface area (Å²) < 4.78 is 5.82. The van der Waals surface area contributed by atoms with E-state index in [1.54, 1.807) is 18.6 Å². The number of ether oxygens (including phenoxy) is 1. The van der Waals surface area contributed by atoms with Crippen molar-refractivity contribution in [1.29, 1.82) is 0 Å². The van der Waals surface area contributed by atoms with Gasteiger partial charge in [-0.05, 0) is 38.2 Å². The van der Waals surface area contributed by atoms with Gasteiger partial charge in [0.05, 0.1) is 24.2 Å². The molecule has 0 atom stereocenters. The van der Waals surface area contributed by atoms with Crippen LogP contribution in [0.5, 0.6) is 5.88 Å². The Labute approximate surface area is 154 Å². The zero-order valence-corrected chi connectivity index (χ0v) is 15.2. The third-order valence-corrected chi connectivity index (χ3v) is 5.06. The summed E-state index contributed by atoms with van der Waals surface area (Å²) in [6.45, 7) is 5.76. The van der Waals surface area contributed by atoms with E-state index in [-0.39, 0.29) is 0 Å². The first-order valence-electron chi connectivity index (χ1n) is 9.60. The average molecular weight is 354 g/mol. The van der Waals surface area contributed by atoms with Crippen LogP contribution in [0.25, 0.3) is 0 Å². The second kappa shape index (κ2) is 8.40. The fourth-order valence-electron chi connectivity index (χ4n) is 3.59. The summed E-state index contributed by atoms with van der Waals surface area (Å²) in [5.74, 6) is 1.51. The Morgan fingerprint density at radius 1 is 0.923 bits per heavy atom. The van der Waals surface area contributed by atoms with Crippen LogP contribution in [0.3, 0.4) is 0 Å². The monoisotopic (exact) mass is 354 g/mol. The van der Waals surface area contributed by atoms with E-state index in [4.69, 9.17) is 4.74 Å². The molecule has 3 heterocycles. The third-order valence-electron chi connectivity index (χ3n) is 5.06. The highest BCUT2D eigenvalue weighted by Crippen LogP contribution is 2.19. The first kappa shape index (κ1) is 17.1. The zero-order valence-electron chi connectivity index (χ0n) is 15.2. The molecule has 1 aliphatic carbocycles. The van der Waals surface area contributed by atoms with Gasteiger partial charge in [0, 0.05) is 45.1 Å². The van der Waals surface area contributed by atoms with Crippen molar-refractivity contribution < 1.29 is 4.74 Å². The van der Waals surface area contributed by atoms with E-state index in [1.165, 1.54) is 12.8 Å². The molecule has 2 aromatic rings. The zero-order chi connectivity index (χ0) is 17.6. The average Bonchev–Trinajstić information content (AvgIpc) is 2.72. The summed E-state index contributed by atoms with van der Waals surface area (Å²) in [6.07, 6.45) is 10.9. The molecule has 4 rings (SSSR count). The summed E-state index contributed by atoms with van der Waals surface area (Å²) in [7, 11) is 0. The number of fused-ring (bicyclic) bond motifs is 1. The minimum atomic E-state index is 0.677. The molecule has 0 spiro atoms. The molecule has 1 aliphatic heterocycles. The standard InChI is InChI=1S/C19H26N6O/c1-2-6-17-16(5-1)22-15-18(23-17)26-14-4-9-24-10-12-25(13-11-24)19-20-7-3-8-21-19/h3,7-8,15H,1-2,4-6,9-14H2. The molecule has 0 unspecified atom stereocenters. The van der Waals surface area contributed by atoms with Gasteiger partial charge in [-0.25, -0.2) is 15.0 Å². The lowest BCUT2D eigenvalue weighted by Crippen LogP contribution is -2.47. The second-order valence-electron chi connectivity index (χ2n) is 6.89. The summed E-state index contributed by atoms with van der Waals surface area (Å²) in [4.78, 5) is 22.5. The van der Waals surface area contributed by atoms with Crippen molar-refractivity contribution in [2.24, 2.45) is 0 Å². The van der Waals surface area contributed by atoms with Crippen molar-refractivity contribution in [3.63, 3.8) is 0 Å². The quantitative estimate of drug-likeness (QED) is 0.732. The van der Waals surface area contributed by atoms with E-state index in [1.807, 2.05) is 6.07 Å². The van der Waals surface area contributed by atoms with Gasteiger partial charge in [-0.15, -0.1) is 0 Å². The lowest BCUT2D eigenvalue weighted by atomic mass is 10.0. The van der Waals surface area contributed by atoms with Crippen molar-refractivity contribution >= 4 is 5.95 Å². The Bertz CT molecular complexity index is 702. The van der Waals surface area contributed by atoms with Crippen LogP contribution >= 0.6 is 0 Å². The van der Waals surface area contributed by atoms with Crippen LogP contribution < -0.4 is 9.64 Å². The van der Waals surface area contributed by atoms with Crippen LogP contribution in [0.15, 0.2) is 24.7 Å². The summed E-state index contributed by atoms with van der Waals surface area (Å²) in [5, 5.41) is 0.